The van der Waals surface area contributed by atoms with Gasteiger partial charge in [0.15, 0.2) is 0 Å². The second-order valence-electron chi connectivity index (χ2n) is 5.51. The summed E-state index contributed by atoms with van der Waals surface area (Å²) in [5, 5.41) is 3.55. The van der Waals surface area contributed by atoms with Gasteiger partial charge >= 0.3 is 0 Å². The molecule has 1 unspecified atom stereocenters. The number of ether oxygens (including phenoxy) is 2. The van der Waals surface area contributed by atoms with Crippen LogP contribution < -0.4 is 14.8 Å². The summed E-state index contributed by atoms with van der Waals surface area (Å²) in [5.41, 5.74) is 1.24. The molecule has 1 aromatic rings. The van der Waals surface area contributed by atoms with Gasteiger partial charge in [-0.25, -0.2) is 0 Å². The average Bonchev–Trinajstić information content (AvgIpc) is 3.01. The minimum Gasteiger partial charge on any atom is -0.496 e. The third-order valence-electron chi connectivity index (χ3n) is 3.95. The van der Waals surface area contributed by atoms with Crippen LogP contribution in [-0.2, 0) is 6.42 Å². The molecular weight excluding hydrogens is 282 g/mol. The molecule has 0 aromatic heterocycles. The fraction of sp³-hybridized carbons (Fsp3) is 0.647. The SMILES string of the molecule is CCCCSc1cc(OC)c(CC2CCCN2)cc1OC. The lowest BCUT2D eigenvalue weighted by Crippen LogP contribution is -2.23. The highest BCUT2D eigenvalue weighted by Crippen LogP contribution is 2.37. The third-order valence-corrected chi connectivity index (χ3v) is 5.07. The van der Waals surface area contributed by atoms with Gasteiger partial charge in [-0.05, 0) is 55.7 Å². The van der Waals surface area contributed by atoms with Gasteiger partial charge in [-0.2, -0.15) is 0 Å². The van der Waals surface area contributed by atoms with Crippen LogP contribution in [0.3, 0.4) is 0 Å². The van der Waals surface area contributed by atoms with Gasteiger partial charge in [-0.15, -0.1) is 11.8 Å². The zero-order valence-electron chi connectivity index (χ0n) is 13.4. The van der Waals surface area contributed by atoms with Crippen molar-refractivity contribution in [3.8, 4) is 11.5 Å². The van der Waals surface area contributed by atoms with Crippen LogP contribution in [0, 0.1) is 0 Å². The Labute approximate surface area is 132 Å². The molecule has 0 radical (unpaired) electrons. The van der Waals surface area contributed by atoms with E-state index >= 15 is 0 Å². The van der Waals surface area contributed by atoms with Crippen molar-refractivity contribution < 1.29 is 9.47 Å². The van der Waals surface area contributed by atoms with Crippen LogP contribution in [0.2, 0.25) is 0 Å². The molecule has 1 aromatic carbocycles. The van der Waals surface area contributed by atoms with Crippen LogP contribution in [0.5, 0.6) is 11.5 Å². The predicted molar refractivity (Wildman–Crippen MR) is 89.9 cm³/mol. The topological polar surface area (TPSA) is 30.5 Å². The molecule has 0 saturated carbocycles. The van der Waals surface area contributed by atoms with Gasteiger partial charge in [0.25, 0.3) is 0 Å². The number of hydrogen-bond donors (Lipinski definition) is 1. The lowest BCUT2D eigenvalue weighted by Gasteiger charge is -2.17. The molecule has 1 aliphatic rings. The van der Waals surface area contributed by atoms with Crippen molar-refractivity contribution in [3.63, 3.8) is 0 Å². The van der Waals surface area contributed by atoms with E-state index in [0.717, 1.165) is 30.2 Å². The quantitative estimate of drug-likeness (QED) is 0.583. The summed E-state index contributed by atoms with van der Waals surface area (Å²) in [6.45, 7) is 3.35. The molecule has 1 fully saturated rings. The summed E-state index contributed by atoms with van der Waals surface area (Å²) in [6.07, 6.45) is 5.98. The van der Waals surface area contributed by atoms with Crippen molar-refractivity contribution in [1.82, 2.24) is 5.32 Å². The summed E-state index contributed by atoms with van der Waals surface area (Å²) >= 11 is 1.86. The number of thioether (sulfide) groups is 1. The molecule has 1 N–H and O–H groups in total. The monoisotopic (exact) mass is 309 g/mol. The van der Waals surface area contributed by atoms with E-state index < -0.39 is 0 Å². The highest BCUT2D eigenvalue weighted by atomic mass is 32.2. The van der Waals surface area contributed by atoms with E-state index in [-0.39, 0.29) is 0 Å². The molecule has 4 heteroatoms. The predicted octanol–water partition coefficient (Wildman–Crippen LogP) is 3.89. The Morgan fingerprint density at radius 2 is 2.05 bits per heavy atom. The molecule has 0 aliphatic carbocycles. The van der Waals surface area contributed by atoms with Crippen LogP contribution in [-0.4, -0.2) is 32.6 Å². The zero-order valence-corrected chi connectivity index (χ0v) is 14.2. The highest BCUT2D eigenvalue weighted by Gasteiger charge is 2.18. The van der Waals surface area contributed by atoms with E-state index in [1.54, 1.807) is 14.2 Å². The van der Waals surface area contributed by atoms with E-state index in [1.807, 2.05) is 11.8 Å². The van der Waals surface area contributed by atoms with Gasteiger partial charge < -0.3 is 14.8 Å². The molecule has 2 rings (SSSR count). The van der Waals surface area contributed by atoms with E-state index in [2.05, 4.69) is 24.4 Å². The first-order chi connectivity index (χ1) is 10.3. The normalized spacial score (nSPS) is 18.0. The first kappa shape index (κ1) is 16.5. The minimum absolute atomic E-state index is 0.571. The standard InChI is InChI=1S/C17H27NO2S/c1-4-5-9-21-17-12-15(19-2)13(11-16(17)20-3)10-14-7-6-8-18-14/h11-12,14,18H,4-10H2,1-3H3. The Balaban J connectivity index is 2.15. The number of nitrogens with one attached hydrogen (secondary N) is 1. The van der Waals surface area contributed by atoms with Crippen molar-refractivity contribution >= 4 is 11.8 Å². The van der Waals surface area contributed by atoms with Gasteiger partial charge in [-0.1, -0.05) is 13.3 Å². The Bertz CT molecular complexity index is 445. The van der Waals surface area contributed by atoms with Crippen molar-refractivity contribution in [2.75, 3.05) is 26.5 Å². The van der Waals surface area contributed by atoms with Gasteiger partial charge in [0.2, 0.25) is 0 Å². The molecule has 1 aliphatic heterocycles. The Morgan fingerprint density at radius 3 is 2.67 bits per heavy atom. The summed E-state index contributed by atoms with van der Waals surface area (Å²) in [4.78, 5) is 1.19. The molecule has 0 bridgehead atoms. The van der Waals surface area contributed by atoms with Crippen molar-refractivity contribution in [2.24, 2.45) is 0 Å². The number of hydrogen-bond acceptors (Lipinski definition) is 4. The Morgan fingerprint density at radius 1 is 1.24 bits per heavy atom. The molecule has 118 valence electrons. The fourth-order valence-corrected chi connectivity index (χ4v) is 3.86. The molecule has 3 nitrogen and oxygen atoms in total. The molecule has 21 heavy (non-hydrogen) atoms. The lowest BCUT2D eigenvalue weighted by molar-refractivity contribution is 0.388. The largest absolute Gasteiger partial charge is 0.496 e. The zero-order chi connectivity index (χ0) is 15.1. The second kappa shape index (κ2) is 8.54. The minimum atomic E-state index is 0.571. The molecule has 1 saturated heterocycles. The number of methoxy groups -OCH3 is 2. The van der Waals surface area contributed by atoms with Gasteiger partial charge in [0, 0.05) is 6.04 Å². The van der Waals surface area contributed by atoms with Crippen LogP contribution in [0.1, 0.15) is 38.2 Å². The number of benzene rings is 1. The van der Waals surface area contributed by atoms with Crippen molar-refractivity contribution in [3.05, 3.63) is 17.7 Å². The molecule has 0 amide bonds. The van der Waals surface area contributed by atoms with Crippen LogP contribution in [0.25, 0.3) is 0 Å². The van der Waals surface area contributed by atoms with E-state index in [0.29, 0.717) is 6.04 Å². The van der Waals surface area contributed by atoms with Gasteiger partial charge in [-0.3, -0.25) is 0 Å². The number of rotatable bonds is 8. The van der Waals surface area contributed by atoms with E-state index in [1.165, 1.54) is 36.1 Å². The summed E-state index contributed by atoms with van der Waals surface area (Å²) in [6, 6.07) is 4.87. The Kier molecular flexibility index (Phi) is 6.71. The lowest BCUT2D eigenvalue weighted by atomic mass is 10.0. The average molecular weight is 309 g/mol. The van der Waals surface area contributed by atoms with Crippen LogP contribution >= 0.6 is 11.8 Å². The van der Waals surface area contributed by atoms with Crippen molar-refractivity contribution in [1.29, 1.82) is 0 Å². The molecule has 1 heterocycles. The summed E-state index contributed by atoms with van der Waals surface area (Å²) in [5.74, 6) is 3.09. The van der Waals surface area contributed by atoms with Gasteiger partial charge in [0.1, 0.15) is 11.5 Å². The number of unbranched alkanes of at least 4 members (excludes halogenated alkanes) is 1. The van der Waals surface area contributed by atoms with E-state index in [4.69, 9.17) is 9.47 Å². The van der Waals surface area contributed by atoms with E-state index in [9.17, 15) is 0 Å². The maximum atomic E-state index is 5.61. The van der Waals surface area contributed by atoms with Crippen LogP contribution in [0.15, 0.2) is 17.0 Å². The van der Waals surface area contributed by atoms with Gasteiger partial charge in [0.05, 0.1) is 19.1 Å². The van der Waals surface area contributed by atoms with Crippen molar-refractivity contribution in [2.45, 2.75) is 50.0 Å². The molecule has 0 spiro atoms. The summed E-state index contributed by atoms with van der Waals surface area (Å²) < 4.78 is 11.2. The maximum Gasteiger partial charge on any atom is 0.132 e. The molecular formula is C17H27NO2S. The smallest absolute Gasteiger partial charge is 0.132 e. The first-order valence-corrected chi connectivity index (χ1v) is 8.88. The molecule has 1 atom stereocenters. The first-order valence-electron chi connectivity index (χ1n) is 7.89. The second-order valence-corrected chi connectivity index (χ2v) is 6.65. The maximum absolute atomic E-state index is 5.61. The fourth-order valence-electron chi connectivity index (χ4n) is 2.73. The summed E-state index contributed by atoms with van der Waals surface area (Å²) in [7, 11) is 3.51. The van der Waals surface area contributed by atoms with Crippen LogP contribution in [0.4, 0.5) is 0 Å². The Hall–Kier alpha value is -0.870. The highest BCUT2D eigenvalue weighted by molar-refractivity contribution is 7.99. The third kappa shape index (κ3) is 4.55.